The normalized spacial score (nSPS) is 11.8. The molecule has 0 aliphatic heterocycles. The number of rotatable bonds is 6. The van der Waals surface area contributed by atoms with Crippen molar-refractivity contribution in [3.8, 4) is 18.1 Å². The second kappa shape index (κ2) is 6.92. The van der Waals surface area contributed by atoms with E-state index in [1.807, 2.05) is 24.3 Å². The van der Waals surface area contributed by atoms with E-state index >= 15 is 0 Å². The Morgan fingerprint density at radius 1 is 1.38 bits per heavy atom. The molecule has 1 rings (SSSR count). The van der Waals surface area contributed by atoms with Gasteiger partial charge in [0.25, 0.3) is 0 Å². The van der Waals surface area contributed by atoms with E-state index in [9.17, 15) is 0 Å². The molecule has 1 aromatic rings. The number of benzene rings is 1. The quantitative estimate of drug-likeness (QED) is 0.739. The lowest BCUT2D eigenvalue weighted by atomic mass is 10.1. The van der Waals surface area contributed by atoms with E-state index in [-0.39, 0.29) is 6.04 Å². The summed E-state index contributed by atoms with van der Waals surface area (Å²) < 4.78 is 5.10. The van der Waals surface area contributed by atoms with Gasteiger partial charge in [0.1, 0.15) is 5.75 Å². The Balaban J connectivity index is 2.44. The molecule has 0 saturated heterocycles. The topological polar surface area (TPSA) is 21.3 Å². The number of hydrogen-bond donors (Lipinski definition) is 1. The Kier molecular flexibility index (Phi) is 5.45. The van der Waals surface area contributed by atoms with Gasteiger partial charge in [-0.3, -0.25) is 5.32 Å². The van der Waals surface area contributed by atoms with Gasteiger partial charge in [0.2, 0.25) is 0 Å². The SMILES string of the molecule is C#CC(CCC)NCc1ccc(OC)cc1. The number of nitrogens with one attached hydrogen (secondary N) is 1. The fourth-order valence-electron chi connectivity index (χ4n) is 1.52. The van der Waals surface area contributed by atoms with E-state index < -0.39 is 0 Å². The summed E-state index contributed by atoms with van der Waals surface area (Å²) >= 11 is 0. The molecule has 1 unspecified atom stereocenters. The second-order valence-corrected chi connectivity index (χ2v) is 3.74. The summed E-state index contributed by atoms with van der Waals surface area (Å²) in [5.74, 6) is 3.64. The number of methoxy groups -OCH3 is 1. The van der Waals surface area contributed by atoms with Crippen molar-refractivity contribution < 1.29 is 4.74 Å². The summed E-state index contributed by atoms with van der Waals surface area (Å²) in [5, 5.41) is 3.35. The number of terminal acetylenes is 1. The van der Waals surface area contributed by atoms with E-state index in [1.54, 1.807) is 7.11 Å². The summed E-state index contributed by atoms with van der Waals surface area (Å²) in [6.07, 6.45) is 7.56. The first-order chi connectivity index (χ1) is 7.80. The van der Waals surface area contributed by atoms with Crippen LogP contribution < -0.4 is 10.1 Å². The lowest BCUT2D eigenvalue weighted by molar-refractivity contribution is 0.414. The smallest absolute Gasteiger partial charge is 0.118 e. The van der Waals surface area contributed by atoms with Crippen molar-refractivity contribution >= 4 is 0 Å². The van der Waals surface area contributed by atoms with Gasteiger partial charge < -0.3 is 4.74 Å². The molecular formula is C14H19NO. The van der Waals surface area contributed by atoms with Gasteiger partial charge in [0.05, 0.1) is 13.2 Å². The Morgan fingerprint density at radius 2 is 2.06 bits per heavy atom. The lowest BCUT2D eigenvalue weighted by Gasteiger charge is -2.12. The highest BCUT2D eigenvalue weighted by Crippen LogP contribution is 2.11. The van der Waals surface area contributed by atoms with Gasteiger partial charge >= 0.3 is 0 Å². The molecule has 0 fully saturated rings. The summed E-state index contributed by atoms with van der Waals surface area (Å²) in [6.45, 7) is 2.94. The summed E-state index contributed by atoms with van der Waals surface area (Å²) in [5.41, 5.74) is 1.22. The average molecular weight is 217 g/mol. The van der Waals surface area contributed by atoms with E-state index in [0.717, 1.165) is 25.1 Å². The first-order valence-electron chi connectivity index (χ1n) is 5.62. The number of ether oxygens (including phenoxy) is 1. The minimum Gasteiger partial charge on any atom is -0.497 e. The Labute approximate surface area is 98.0 Å². The molecule has 0 bridgehead atoms. The summed E-state index contributed by atoms with van der Waals surface area (Å²) in [6, 6.07) is 8.19. The highest BCUT2D eigenvalue weighted by Gasteiger charge is 2.02. The predicted octanol–water partition coefficient (Wildman–Crippen LogP) is 2.59. The third kappa shape index (κ3) is 3.96. The van der Waals surface area contributed by atoms with Crippen molar-refractivity contribution in [3.05, 3.63) is 29.8 Å². The minimum atomic E-state index is 0.173. The van der Waals surface area contributed by atoms with Crippen LogP contribution in [0.25, 0.3) is 0 Å². The zero-order valence-electron chi connectivity index (χ0n) is 9.99. The zero-order valence-corrected chi connectivity index (χ0v) is 9.99. The van der Waals surface area contributed by atoms with Crippen LogP contribution in [0.3, 0.4) is 0 Å². The van der Waals surface area contributed by atoms with Gasteiger partial charge in [-0.2, -0.15) is 0 Å². The molecule has 0 aliphatic rings. The van der Waals surface area contributed by atoms with Crippen LogP contribution in [0.5, 0.6) is 5.75 Å². The fraction of sp³-hybridized carbons (Fsp3) is 0.429. The van der Waals surface area contributed by atoms with Crippen LogP contribution in [-0.2, 0) is 6.54 Å². The highest BCUT2D eigenvalue weighted by atomic mass is 16.5. The van der Waals surface area contributed by atoms with E-state index in [2.05, 4.69) is 18.2 Å². The second-order valence-electron chi connectivity index (χ2n) is 3.74. The van der Waals surface area contributed by atoms with Crippen LogP contribution in [0.2, 0.25) is 0 Å². The molecule has 2 nitrogen and oxygen atoms in total. The number of hydrogen-bond acceptors (Lipinski definition) is 2. The first kappa shape index (κ1) is 12.6. The van der Waals surface area contributed by atoms with Crippen LogP contribution in [0, 0.1) is 12.3 Å². The van der Waals surface area contributed by atoms with Gasteiger partial charge in [-0.1, -0.05) is 31.4 Å². The fourth-order valence-corrected chi connectivity index (χ4v) is 1.52. The average Bonchev–Trinajstić information content (AvgIpc) is 2.35. The largest absolute Gasteiger partial charge is 0.497 e. The van der Waals surface area contributed by atoms with Crippen molar-refractivity contribution in [1.29, 1.82) is 0 Å². The maximum absolute atomic E-state index is 5.44. The standard InChI is InChI=1S/C14H19NO/c1-4-6-13(5-2)15-11-12-7-9-14(16-3)10-8-12/h2,7-10,13,15H,4,6,11H2,1,3H3. The maximum Gasteiger partial charge on any atom is 0.118 e. The van der Waals surface area contributed by atoms with Gasteiger partial charge in [0, 0.05) is 6.54 Å². The molecule has 1 N–H and O–H groups in total. The summed E-state index contributed by atoms with van der Waals surface area (Å²) in [4.78, 5) is 0. The molecule has 16 heavy (non-hydrogen) atoms. The third-order valence-corrected chi connectivity index (χ3v) is 2.49. The predicted molar refractivity (Wildman–Crippen MR) is 67.4 cm³/mol. The van der Waals surface area contributed by atoms with Crippen LogP contribution in [-0.4, -0.2) is 13.2 Å². The van der Waals surface area contributed by atoms with E-state index in [0.29, 0.717) is 0 Å². The molecule has 86 valence electrons. The Morgan fingerprint density at radius 3 is 2.56 bits per heavy atom. The van der Waals surface area contributed by atoms with Crippen molar-refractivity contribution in [1.82, 2.24) is 5.32 Å². The minimum absolute atomic E-state index is 0.173. The zero-order chi connectivity index (χ0) is 11.8. The van der Waals surface area contributed by atoms with Gasteiger partial charge in [-0.15, -0.1) is 6.42 Å². The van der Waals surface area contributed by atoms with Crippen molar-refractivity contribution in [2.75, 3.05) is 7.11 Å². The molecule has 0 heterocycles. The molecule has 0 radical (unpaired) electrons. The lowest BCUT2D eigenvalue weighted by Crippen LogP contribution is -2.26. The molecule has 0 spiro atoms. The molecule has 0 aliphatic carbocycles. The highest BCUT2D eigenvalue weighted by molar-refractivity contribution is 5.27. The molecule has 1 aromatic carbocycles. The monoisotopic (exact) mass is 217 g/mol. The van der Waals surface area contributed by atoms with Crippen LogP contribution in [0.4, 0.5) is 0 Å². The van der Waals surface area contributed by atoms with Crippen LogP contribution in [0.15, 0.2) is 24.3 Å². The van der Waals surface area contributed by atoms with Gasteiger partial charge in [-0.25, -0.2) is 0 Å². The molecule has 0 amide bonds. The van der Waals surface area contributed by atoms with Crippen molar-refractivity contribution in [2.24, 2.45) is 0 Å². The van der Waals surface area contributed by atoms with Crippen molar-refractivity contribution in [2.45, 2.75) is 32.4 Å². The molecule has 2 heteroatoms. The van der Waals surface area contributed by atoms with E-state index in [1.165, 1.54) is 5.56 Å². The van der Waals surface area contributed by atoms with Crippen LogP contribution >= 0.6 is 0 Å². The van der Waals surface area contributed by atoms with Crippen molar-refractivity contribution in [3.63, 3.8) is 0 Å². The summed E-state index contributed by atoms with van der Waals surface area (Å²) in [7, 11) is 1.67. The maximum atomic E-state index is 5.44. The molecular weight excluding hydrogens is 198 g/mol. The van der Waals surface area contributed by atoms with Gasteiger partial charge in [-0.05, 0) is 24.1 Å². The van der Waals surface area contributed by atoms with E-state index in [4.69, 9.17) is 11.2 Å². The Hall–Kier alpha value is -1.46. The van der Waals surface area contributed by atoms with Crippen LogP contribution in [0.1, 0.15) is 25.3 Å². The third-order valence-electron chi connectivity index (χ3n) is 2.49. The molecule has 0 saturated carbocycles. The van der Waals surface area contributed by atoms with Gasteiger partial charge in [0.15, 0.2) is 0 Å². The molecule has 1 atom stereocenters. The molecule has 0 aromatic heterocycles. The first-order valence-corrected chi connectivity index (χ1v) is 5.62. The Bertz CT molecular complexity index is 337.